The fourth-order valence-electron chi connectivity index (χ4n) is 1.21. The molecule has 0 radical (unpaired) electrons. The second-order valence-corrected chi connectivity index (χ2v) is 2.92. The third-order valence-electron chi connectivity index (χ3n) is 1.83. The van der Waals surface area contributed by atoms with Gasteiger partial charge in [0.25, 0.3) is 0 Å². The predicted octanol–water partition coefficient (Wildman–Crippen LogP) is 0.365. The zero-order valence-electron chi connectivity index (χ0n) is 7.18. The molecule has 0 bridgehead atoms. The van der Waals surface area contributed by atoms with Crippen molar-refractivity contribution in [2.75, 3.05) is 5.73 Å². The van der Waals surface area contributed by atoms with Gasteiger partial charge in [0, 0.05) is 11.9 Å². The molecule has 5 heteroatoms. The van der Waals surface area contributed by atoms with Crippen LogP contribution in [0.15, 0.2) is 18.3 Å². The number of rotatable bonds is 1. The fourth-order valence-corrected chi connectivity index (χ4v) is 1.21. The molecule has 0 aliphatic carbocycles. The molecule has 0 aliphatic heterocycles. The molecule has 2 heterocycles. The standard InChI is InChI=1S/C8H10N4O/c1-5(13)8-11-10-7-3-2-6(9)4-12(7)8/h2-5,13H,9H2,1H3/t5-/m0/s1. The maximum atomic E-state index is 9.34. The van der Waals surface area contributed by atoms with Crippen LogP contribution in [0.2, 0.25) is 0 Å². The van der Waals surface area contributed by atoms with Crippen molar-refractivity contribution in [3.8, 4) is 0 Å². The van der Waals surface area contributed by atoms with Crippen molar-refractivity contribution in [1.82, 2.24) is 14.6 Å². The molecule has 2 aromatic rings. The van der Waals surface area contributed by atoms with Gasteiger partial charge in [0.15, 0.2) is 11.5 Å². The Morgan fingerprint density at radius 1 is 1.46 bits per heavy atom. The van der Waals surface area contributed by atoms with Crippen LogP contribution in [0, 0.1) is 0 Å². The van der Waals surface area contributed by atoms with Gasteiger partial charge in [-0.15, -0.1) is 10.2 Å². The van der Waals surface area contributed by atoms with Gasteiger partial charge in [-0.25, -0.2) is 0 Å². The van der Waals surface area contributed by atoms with Crippen LogP contribution in [0.4, 0.5) is 5.69 Å². The number of aliphatic hydroxyl groups excluding tert-OH is 1. The van der Waals surface area contributed by atoms with Gasteiger partial charge in [-0.1, -0.05) is 0 Å². The van der Waals surface area contributed by atoms with Crippen LogP contribution in [0.5, 0.6) is 0 Å². The summed E-state index contributed by atoms with van der Waals surface area (Å²) >= 11 is 0. The lowest BCUT2D eigenvalue weighted by Crippen LogP contribution is -2.00. The average molecular weight is 178 g/mol. The topological polar surface area (TPSA) is 76.4 Å². The average Bonchev–Trinajstić information content (AvgIpc) is 2.46. The predicted molar refractivity (Wildman–Crippen MR) is 48.0 cm³/mol. The molecule has 68 valence electrons. The number of nitrogen functional groups attached to an aromatic ring is 1. The molecule has 2 rings (SSSR count). The Morgan fingerprint density at radius 3 is 2.92 bits per heavy atom. The number of hydrogen-bond acceptors (Lipinski definition) is 4. The van der Waals surface area contributed by atoms with Crippen molar-refractivity contribution in [3.05, 3.63) is 24.2 Å². The molecule has 0 aliphatic rings. The zero-order valence-corrected chi connectivity index (χ0v) is 7.18. The summed E-state index contributed by atoms with van der Waals surface area (Å²) in [5.74, 6) is 0.502. The monoisotopic (exact) mass is 178 g/mol. The largest absolute Gasteiger partial charge is 0.398 e. The second kappa shape index (κ2) is 2.70. The fraction of sp³-hybridized carbons (Fsp3) is 0.250. The highest BCUT2D eigenvalue weighted by atomic mass is 16.3. The van der Waals surface area contributed by atoms with Crippen LogP contribution in [0.3, 0.4) is 0 Å². The summed E-state index contributed by atoms with van der Waals surface area (Å²) in [7, 11) is 0. The highest BCUT2D eigenvalue weighted by molar-refractivity contribution is 5.47. The van der Waals surface area contributed by atoms with Gasteiger partial charge in [0.1, 0.15) is 6.10 Å². The van der Waals surface area contributed by atoms with E-state index in [1.165, 1.54) is 0 Å². The lowest BCUT2D eigenvalue weighted by Gasteiger charge is -2.01. The quantitative estimate of drug-likeness (QED) is 0.661. The number of aromatic nitrogens is 3. The third-order valence-corrected chi connectivity index (χ3v) is 1.83. The van der Waals surface area contributed by atoms with Crippen LogP contribution in [0.25, 0.3) is 5.65 Å². The number of fused-ring (bicyclic) bond motifs is 1. The molecule has 5 nitrogen and oxygen atoms in total. The molecule has 0 spiro atoms. The van der Waals surface area contributed by atoms with Crippen molar-refractivity contribution < 1.29 is 5.11 Å². The number of pyridine rings is 1. The summed E-state index contributed by atoms with van der Waals surface area (Å²) in [6, 6.07) is 3.50. The number of nitrogens with zero attached hydrogens (tertiary/aromatic N) is 3. The smallest absolute Gasteiger partial charge is 0.166 e. The molecule has 3 N–H and O–H groups in total. The Kier molecular flexibility index (Phi) is 1.66. The molecule has 13 heavy (non-hydrogen) atoms. The van der Waals surface area contributed by atoms with E-state index in [2.05, 4.69) is 10.2 Å². The van der Waals surface area contributed by atoms with E-state index in [9.17, 15) is 5.11 Å². The van der Waals surface area contributed by atoms with Crippen molar-refractivity contribution >= 4 is 11.3 Å². The first kappa shape index (κ1) is 8.00. The van der Waals surface area contributed by atoms with Gasteiger partial charge in [-0.3, -0.25) is 4.40 Å². The molecular weight excluding hydrogens is 168 g/mol. The summed E-state index contributed by atoms with van der Waals surface area (Å²) in [6.45, 7) is 1.64. The Balaban J connectivity index is 2.71. The van der Waals surface area contributed by atoms with Crippen molar-refractivity contribution in [2.45, 2.75) is 13.0 Å². The number of hydrogen-bond donors (Lipinski definition) is 2. The number of anilines is 1. The van der Waals surface area contributed by atoms with E-state index in [1.54, 1.807) is 29.7 Å². The zero-order chi connectivity index (χ0) is 9.42. The van der Waals surface area contributed by atoms with Crippen molar-refractivity contribution in [2.24, 2.45) is 0 Å². The van der Waals surface area contributed by atoms with E-state index in [1.807, 2.05) is 0 Å². The van der Waals surface area contributed by atoms with Gasteiger partial charge in [-0.05, 0) is 19.1 Å². The van der Waals surface area contributed by atoms with Gasteiger partial charge >= 0.3 is 0 Å². The first-order valence-corrected chi connectivity index (χ1v) is 3.96. The number of aliphatic hydroxyl groups is 1. The molecule has 1 atom stereocenters. The van der Waals surface area contributed by atoms with Crippen LogP contribution in [0.1, 0.15) is 18.9 Å². The lowest BCUT2D eigenvalue weighted by atomic mass is 10.3. The van der Waals surface area contributed by atoms with E-state index >= 15 is 0 Å². The number of nitrogens with two attached hydrogens (primary N) is 1. The molecule has 0 saturated heterocycles. The van der Waals surface area contributed by atoms with E-state index in [0.29, 0.717) is 17.2 Å². The first-order valence-electron chi connectivity index (χ1n) is 3.96. The molecule has 0 saturated carbocycles. The van der Waals surface area contributed by atoms with E-state index in [4.69, 9.17) is 5.73 Å². The van der Waals surface area contributed by atoms with Gasteiger partial charge in [0.05, 0.1) is 0 Å². The minimum absolute atomic E-state index is 0.502. The molecule has 0 unspecified atom stereocenters. The van der Waals surface area contributed by atoms with Gasteiger partial charge in [0.2, 0.25) is 0 Å². The van der Waals surface area contributed by atoms with Crippen molar-refractivity contribution in [1.29, 1.82) is 0 Å². The van der Waals surface area contributed by atoms with Crippen LogP contribution < -0.4 is 5.73 Å². The van der Waals surface area contributed by atoms with E-state index < -0.39 is 6.10 Å². The van der Waals surface area contributed by atoms with Crippen LogP contribution in [-0.2, 0) is 0 Å². The molecule has 2 aromatic heterocycles. The third kappa shape index (κ3) is 1.23. The SMILES string of the molecule is C[C@H](O)c1nnc2ccc(N)cn12. The summed E-state index contributed by atoms with van der Waals surface area (Å²) < 4.78 is 1.68. The van der Waals surface area contributed by atoms with Crippen LogP contribution >= 0.6 is 0 Å². The minimum Gasteiger partial charge on any atom is -0.398 e. The molecular formula is C8H10N4O. The van der Waals surface area contributed by atoms with Crippen LogP contribution in [-0.4, -0.2) is 19.7 Å². The lowest BCUT2D eigenvalue weighted by molar-refractivity contribution is 0.187. The van der Waals surface area contributed by atoms with E-state index in [-0.39, 0.29) is 0 Å². The maximum Gasteiger partial charge on any atom is 0.166 e. The Bertz CT molecular complexity index is 435. The highest BCUT2D eigenvalue weighted by Crippen LogP contribution is 2.13. The Labute approximate surface area is 74.8 Å². The maximum absolute atomic E-state index is 9.34. The van der Waals surface area contributed by atoms with Gasteiger partial charge in [-0.2, -0.15) is 0 Å². The first-order chi connectivity index (χ1) is 6.18. The Morgan fingerprint density at radius 2 is 2.23 bits per heavy atom. The van der Waals surface area contributed by atoms with Gasteiger partial charge < -0.3 is 10.8 Å². The summed E-state index contributed by atoms with van der Waals surface area (Å²) in [5.41, 5.74) is 6.90. The van der Waals surface area contributed by atoms with Crippen molar-refractivity contribution in [3.63, 3.8) is 0 Å². The molecule has 0 fully saturated rings. The summed E-state index contributed by atoms with van der Waals surface area (Å²) in [6.07, 6.45) is 1.05. The second-order valence-electron chi connectivity index (χ2n) is 2.92. The summed E-state index contributed by atoms with van der Waals surface area (Å²) in [4.78, 5) is 0. The molecule has 0 aromatic carbocycles. The Hall–Kier alpha value is -1.62. The minimum atomic E-state index is -0.642. The normalized spacial score (nSPS) is 13.4. The van der Waals surface area contributed by atoms with E-state index in [0.717, 1.165) is 0 Å². The summed E-state index contributed by atoms with van der Waals surface area (Å²) in [5, 5.41) is 17.1. The molecule has 0 amide bonds. The highest BCUT2D eigenvalue weighted by Gasteiger charge is 2.09.